The number of hydrogen-bond donors (Lipinski definition) is 1. The van der Waals surface area contributed by atoms with E-state index in [-0.39, 0.29) is 11.6 Å². The number of anilines is 1. The topological polar surface area (TPSA) is 34.1 Å². The quantitative estimate of drug-likeness (QED) is 0.888. The molecule has 0 aliphatic heterocycles. The zero-order valence-corrected chi connectivity index (χ0v) is 9.08. The molecular weight excluding hydrogens is 226 g/mol. The van der Waals surface area contributed by atoms with Crippen LogP contribution in [0.15, 0.2) is 36.4 Å². The van der Waals surface area contributed by atoms with Crippen LogP contribution in [-0.4, -0.2) is 12.0 Å². The lowest BCUT2D eigenvalue weighted by Crippen LogP contribution is -1.95. The number of benzene rings is 1. The number of nitrogens with zero attached hydrogens (tertiary/aromatic N) is 1. The lowest BCUT2D eigenvalue weighted by Gasteiger charge is -2.07. The Balaban J connectivity index is 2.27. The molecule has 0 spiro atoms. The maximum absolute atomic E-state index is 13.3. The molecule has 0 amide bonds. The smallest absolute Gasteiger partial charge is 0.221 e. The van der Waals surface area contributed by atoms with Crippen molar-refractivity contribution in [3.05, 3.63) is 48.0 Å². The summed E-state index contributed by atoms with van der Waals surface area (Å²) < 4.78 is 31.4. The Morgan fingerprint density at radius 2 is 2.00 bits per heavy atom. The highest BCUT2D eigenvalue weighted by molar-refractivity contribution is 5.38. The zero-order valence-electron chi connectivity index (χ0n) is 9.08. The summed E-state index contributed by atoms with van der Waals surface area (Å²) in [6.45, 7) is 0. The summed E-state index contributed by atoms with van der Waals surface area (Å²) in [5, 5.41) is 2.82. The molecule has 0 bridgehead atoms. The highest BCUT2D eigenvalue weighted by atomic mass is 19.1. The van der Waals surface area contributed by atoms with Gasteiger partial charge in [0.2, 0.25) is 5.88 Å². The van der Waals surface area contributed by atoms with E-state index in [1.807, 2.05) is 0 Å². The monoisotopic (exact) mass is 236 g/mol. The summed E-state index contributed by atoms with van der Waals surface area (Å²) in [6, 6.07) is 8.00. The van der Waals surface area contributed by atoms with Crippen molar-refractivity contribution in [1.29, 1.82) is 0 Å². The van der Waals surface area contributed by atoms with Gasteiger partial charge in [0.15, 0.2) is 11.6 Å². The molecule has 1 aromatic heterocycles. The van der Waals surface area contributed by atoms with Crippen LogP contribution in [0.25, 0.3) is 0 Å². The second-order valence-electron chi connectivity index (χ2n) is 3.29. The fourth-order valence-corrected chi connectivity index (χ4v) is 1.28. The number of rotatable bonds is 3. The van der Waals surface area contributed by atoms with Crippen molar-refractivity contribution in [2.45, 2.75) is 0 Å². The van der Waals surface area contributed by atoms with Crippen molar-refractivity contribution in [3.63, 3.8) is 0 Å². The van der Waals surface area contributed by atoms with Crippen molar-refractivity contribution < 1.29 is 13.5 Å². The Morgan fingerprint density at radius 3 is 2.76 bits per heavy atom. The molecule has 2 rings (SSSR count). The van der Waals surface area contributed by atoms with Crippen molar-refractivity contribution >= 4 is 5.82 Å². The van der Waals surface area contributed by atoms with Gasteiger partial charge in [0.05, 0.1) is 0 Å². The van der Waals surface area contributed by atoms with Crippen LogP contribution in [0.5, 0.6) is 11.6 Å². The molecular formula is C12H10F2N2O. The molecule has 0 unspecified atom stereocenters. The van der Waals surface area contributed by atoms with E-state index in [1.165, 1.54) is 0 Å². The average molecular weight is 236 g/mol. The van der Waals surface area contributed by atoms with Gasteiger partial charge in [0, 0.05) is 19.2 Å². The highest BCUT2D eigenvalue weighted by Gasteiger charge is 2.07. The van der Waals surface area contributed by atoms with Gasteiger partial charge in [-0.3, -0.25) is 0 Å². The number of hydrogen-bond acceptors (Lipinski definition) is 3. The van der Waals surface area contributed by atoms with Gasteiger partial charge in [-0.2, -0.15) is 4.98 Å². The number of aromatic nitrogens is 1. The van der Waals surface area contributed by atoms with Gasteiger partial charge in [0.25, 0.3) is 0 Å². The van der Waals surface area contributed by atoms with Crippen LogP contribution in [0.2, 0.25) is 0 Å². The van der Waals surface area contributed by atoms with Gasteiger partial charge in [0.1, 0.15) is 11.6 Å². The van der Waals surface area contributed by atoms with Crippen molar-refractivity contribution in [2.24, 2.45) is 0 Å². The molecule has 1 heterocycles. The van der Waals surface area contributed by atoms with E-state index in [0.29, 0.717) is 5.82 Å². The first kappa shape index (κ1) is 11.3. The normalized spacial score (nSPS) is 10.1. The third kappa shape index (κ3) is 2.69. The number of pyridine rings is 1. The van der Waals surface area contributed by atoms with Crippen LogP contribution in [0.3, 0.4) is 0 Å². The second-order valence-corrected chi connectivity index (χ2v) is 3.29. The SMILES string of the molecule is CNc1cccc(Oc2cc(F)ccc2F)n1. The van der Waals surface area contributed by atoms with E-state index >= 15 is 0 Å². The number of nitrogens with one attached hydrogen (secondary N) is 1. The fraction of sp³-hybridized carbons (Fsp3) is 0.0833. The Bertz CT molecular complexity index is 532. The van der Waals surface area contributed by atoms with Crippen LogP contribution in [0, 0.1) is 11.6 Å². The average Bonchev–Trinajstić information content (AvgIpc) is 2.34. The van der Waals surface area contributed by atoms with Crippen LogP contribution in [0.4, 0.5) is 14.6 Å². The van der Waals surface area contributed by atoms with E-state index in [0.717, 1.165) is 18.2 Å². The van der Waals surface area contributed by atoms with Crippen LogP contribution in [0.1, 0.15) is 0 Å². The third-order valence-corrected chi connectivity index (χ3v) is 2.09. The molecule has 0 aliphatic carbocycles. The lowest BCUT2D eigenvalue weighted by atomic mass is 10.3. The Morgan fingerprint density at radius 1 is 1.18 bits per heavy atom. The third-order valence-electron chi connectivity index (χ3n) is 2.09. The molecule has 0 atom stereocenters. The second kappa shape index (κ2) is 4.78. The fourth-order valence-electron chi connectivity index (χ4n) is 1.28. The summed E-state index contributed by atoms with van der Waals surface area (Å²) in [4.78, 5) is 4.03. The van der Waals surface area contributed by atoms with Crippen molar-refractivity contribution in [2.75, 3.05) is 12.4 Å². The standard InChI is InChI=1S/C12H10F2N2O/c1-15-11-3-2-4-12(16-11)17-10-7-8(13)5-6-9(10)14/h2-7H,1H3,(H,15,16). The summed E-state index contributed by atoms with van der Waals surface area (Å²) >= 11 is 0. The first-order valence-corrected chi connectivity index (χ1v) is 4.97. The predicted molar refractivity (Wildman–Crippen MR) is 60.2 cm³/mol. The molecule has 2 aromatic rings. The Hall–Kier alpha value is -2.17. The molecule has 0 saturated carbocycles. The molecule has 0 aliphatic rings. The molecule has 17 heavy (non-hydrogen) atoms. The van der Waals surface area contributed by atoms with E-state index in [1.54, 1.807) is 25.2 Å². The minimum absolute atomic E-state index is 0.189. The first-order chi connectivity index (χ1) is 8.19. The molecule has 3 nitrogen and oxygen atoms in total. The van der Waals surface area contributed by atoms with Gasteiger partial charge >= 0.3 is 0 Å². The largest absolute Gasteiger partial charge is 0.436 e. The first-order valence-electron chi connectivity index (χ1n) is 4.97. The van der Waals surface area contributed by atoms with Crippen molar-refractivity contribution in [1.82, 2.24) is 4.98 Å². The van der Waals surface area contributed by atoms with E-state index < -0.39 is 11.6 Å². The lowest BCUT2D eigenvalue weighted by molar-refractivity contribution is 0.423. The van der Waals surface area contributed by atoms with Crippen LogP contribution >= 0.6 is 0 Å². The molecule has 0 saturated heterocycles. The summed E-state index contributed by atoms with van der Waals surface area (Å²) in [7, 11) is 1.70. The zero-order chi connectivity index (χ0) is 12.3. The van der Waals surface area contributed by atoms with Crippen LogP contribution < -0.4 is 10.1 Å². The van der Waals surface area contributed by atoms with Gasteiger partial charge in [-0.25, -0.2) is 8.78 Å². The number of ether oxygens (including phenoxy) is 1. The van der Waals surface area contributed by atoms with E-state index in [4.69, 9.17) is 4.74 Å². The van der Waals surface area contributed by atoms with Crippen LogP contribution in [-0.2, 0) is 0 Å². The van der Waals surface area contributed by atoms with Gasteiger partial charge < -0.3 is 10.1 Å². The van der Waals surface area contributed by atoms with Gasteiger partial charge in [-0.1, -0.05) is 6.07 Å². The maximum atomic E-state index is 13.3. The summed E-state index contributed by atoms with van der Waals surface area (Å²) in [5.41, 5.74) is 0. The minimum Gasteiger partial charge on any atom is -0.436 e. The highest BCUT2D eigenvalue weighted by Crippen LogP contribution is 2.24. The Labute approximate surface area is 97.1 Å². The minimum atomic E-state index is -0.636. The molecule has 1 aromatic carbocycles. The van der Waals surface area contributed by atoms with E-state index in [9.17, 15) is 8.78 Å². The molecule has 1 N–H and O–H groups in total. The molecule has 0 radical (unpaired) electrons. The van der Waals surface area contributed by atoms with E-state index in [2.05, 4.69) is 10.3 Å². The van der Waals surface area contributed by atoms with Crippen molar-refractivity contribution in [3.8, 4) is 11.6 Å². The summed E-state index contributed by atoms with van der Waals surface area (Å²) in [5.74, 6) is -0.611. The van der Waals surface area contributed by atoms with Gasteiger partial charge in [-0.15, -0.1) is 0 Å². The Kier molecular flexibility index (Phi) is 3.18. The predicted octanol–water partition coefficient (Wildman–Crippen LogP) is 3.19. The molecule has 0 fully saturated rings. The molecule has 5 heteroatoms. The molecule has 88 valence electrons. The maximum Gasteiger partial charge on any atom is 0.221 e. The summed E-state index contributed by atoms with van der Waals surface area (Å²) in [6.07, 6.45) is 0. The van der Waals surface area contributed by atoms with Gasteiger partial charge in [-0.05, 0) is 18.2 Å². The number of halogens is 2.